The Morgan fingerprint density at radius 1 is 1.27 bits per heavy atom. The van der Waals surface area contributed by atoms with Crippen molar-refractivity contribution in [2.45, 2.75) is 31.6 Å². The van der Waals surface area contributed by atoms with E-state index in [9.17, 15) is 0 Å². The molecule has 0 unspecified atom stereocenters. The predicted molar refractivity (Wildman–Crippen MR) is 58.8 cm³/mol. The maximum Gasteiger partial charge on any atom is 0.118 e. The van der Waals surface area contributed by atoms with Gasteiger partial charge in [0.1, 0.15) is 5.75 Å². The van der Waals surface area contributed by atoms with Crippen LogP contribution < -0.4 is 10.5 Å². The van der Waals surface area contributed by atoms with E-state index in [1.54, 1.807) is 7.11 Å². The van der Waals surface area contributed by atoms with Crippen LogP contribution in [-0.2, 0) is 11.3 Å². The van der Waals surface area contributed by atoms with Crippen LogP contribution in [0.4, 0.5) is 0 Å². The first-order chi connectivity index (χ1) is 7.28. The average molecular weight is 207 g/mol. The summed E-state index contributed by atoms with van der Waals surface area (Å²) in [5, 5.41) is 0. The maximum atomic E-state index is 5.69. The Balaban J connectivity index is 1.78. The van der Waals surface area contributed by atoms with Gasteiger partial charge in [-0.25, -0.2) is 0 Å². The minimum absolute atomic E-state index is 0.353. The Morgan fingerprint density at radius 3 is 2.47 bits per heavy atom. The Hall–Kier alpha value is -1.06. The molecule has 0 atom stereocenters. The summed E-state index contributed by atoms with van der Waals surface area (Å²) in [5.41, 5.74) is 6.86. The minimum Gasteiger partial charge on any atom is -0.497 e. The standard InChI is InChI=1S/C12H17NO2/c1-14-11-4-2-9(3-5-11)8-15-12-6-10(13)7-12/h2-5,10,12H,6-8,13H2,1H3. The second kappa shape index (κ2) is 4.64. The molecule has 0 radical (unpaired) electrons. The van der Waals surface area contributed by atoms with E-state index >= 15 is 0 Å². The zero-order valence-corrected chi connectivity index (χ0v) is 8.98. The van der Waals surface area contributed by atoms with E-state index in [2.05, 4.69) is 0 Å². The molecule has 0 spiro atoms. The van der Waals surface area contributed by atoms with Crippen molar-refractivity contribution in [3.8, 4) is 5.75 Å². The lowest BCUT2D eigenvalue weighted by Gasteiger charge is -2.32. The fourth-order valence-electron chi connectivity index (χ4n) is 1.68. The summed E-state index contributed by atoms with van der Waals surface area (Å²) in [7, 11) is 1.67. The monoisotopic (exact) mass is 207 g/mol. The summed E-state index contributed by atoms with van der Waals surface area (Å²) >= 11 is 0. The third-order valence-corrected chi connectivity index (χ3v) is 2.78. The maximum absolute atomic E-state index is 5.69. The van der Waals surface area contributed by atoms with Gasteiger partial charge in [-0.15, -0.1) is 0 Å². The van der Waals surface area contributed by atoms with E-state index in [1.807, 2.05) is 24.3 Å². The molecule has 1 fully saturated rings. The van der Waals surface area contributed by atoms with Crippen LogP contribution in [0.25, 0.3) is 0 Å². The number of ether oxygens (including phenoxy) is 2. The fraction of sp³-hybridized carbons (Fsp3) is 0.500. The molecular weight excluding hydrogens is 190 g/mol. The average Bonchev–Trinajstić information content (AvgIpc) is 2.23. The zero-order valence-electron chi connectivity index (χ0n) is 8.98. The molecule has 0 aliphatic heterocycles. The lowest BCUT2D eigenvalue weighted by Crippen LogP contribution is -2.41. The van der Waals surface area contributed by atoms with Crippen molar-refractivity contribution >= 4 is 0 Å². The molecule has 1 aromatic rings. The van der Waals surface area contributed by atoms with E-state index in [-0.39, 0.29) is 0 Å². The van der Waals surface area contributed by atoms with Crippen molar-refractivity contribution in [1.29, 1.82) is 0 Å². The molecule has 1 aromatic carbocycles. The van der Waals surface area contributed by atoms with Crippen molar-refractivity contribution in [2.24, 2.45) is 5.73 Å². The van der Waals surface area contributed by atoms with Crippen LogP contribution in [0.15, 0.2) is 24.3 Å². The number of benzene rings is 1. The van der Waals surface area contributed by atoms with Gasteiger partial charge in [0.2, 0.25) is 0 Å². The number of hydrogen-bond acceptors (Lipinski definition) is 3. The van der Waals surface area contributed by atoms with Gasteiger partial charge in [0.25, 0.3) is 0 Å². The van der Waals surface area contributed by atoms with Gasteiger partial charge in [0, 0.05) is 6.04 Å². The number of nitrogens with two attached hydrogens (primary N) is 1. The largest absolute Gasteiger partial charge is 0.497 e. The third kappa shape index (κ3) is 2.70. The highest BCUT2D eigenvalue weighted by Crippen LogP contribution is 2.22. The van der Waals surface area contributed by atoms with E-state index in [4.69, 9.17) is 15.2 Å². The topological polar surface area (TPSA) is 44.5 Å². The molecule has 1 saturated carbocycles. The number of rotatable bonds is 4. The van der Waals surface area contributed by atoms with Gasteiger partial charge < -0.3 is 15.2 Å². The Labute approximate surface area is 90.2 Å². The van der Waals surface area contributed by atoms with Crippen LogP contribution in [0.3, 0.4) is 0 Å². The van der Waals surface area contributed by atoms with E-state index in [1.165, 1.54) is 5.56 Å². The molecule has 0 heterocycles. The lowest BCUT2D eigenvalue weighted by molar-refractivity contribution is -0.0188. The Bertz CT molecular complexity index is 304. The van der Waals surface area contributed by atoms with Gasteiger partial charge in [-0.05, 0) is 30.5 Å². The SMILES string of the molecule is COc1ccc(COC2CC(N)C2)cc1. The van der Waals surface area contributed by atoms with Gasteiger partial charge in [-0.1, -0.05) is 12.1 Å². The first-order valence-electron chi connectivity index (χ1n) is 5.28. The Morgan fingerprint density at radius 2 is 1.93 bits per heavy atom. The van der Waals surface area contributed by atoms with Crippen LogP contribution in [0.2, 0.25) is 0 Å². The quantitative estimate of drug-likeness (QED) is 0.817. The molecule has 0 amide bonds. The molecular formula is C12H17NO2. The Kier molecular flexibility index (Phi) is 3.23. The van der Waals surface area contributed by atoms with Crippen molar-refractivity contribution in [1.82, 2.24) is 0 Å². The van der Waals surface area contributed by atoms with Gasteiger partial charge in [0.05, 0.1) is 19.8 Å². The van der Waals surface area contributed by atoms with Crippen molar-refractivity contribution in [3.05, 3.63) is 29.8 Å². The van der Waals surface area contributed by atoms with E-state index in [0.29, 0.717) is 18.8 Å². The van der Waals surface area contributed by atoms with Crippen molar-refractivity contribution in [3.63, 3.8) is 0 Å². The summed E-state index contributed by atoms with van der Waals surface area (Å²) in [5.74, 6) is 0.879. The van der Waals surface area contributed by atoms with Gasteiger partial charge >= 0.3 is 0 Å². The highest BCUT2D eigenvalue weighted by atomic mass is 16.5. The summed E-state index contributed by atoms with van der Waals surface area (Å²) in [4.78, 5) is 0. The van der Waals surface area contributed by atoms with Crippen molar-refractivity contribution < 1.29 is 9.47 Å². The van der Waals surface area contributed by atoms with Crippen molar-refractivity contribution in [2.75, 3.05) is 7.11 Å². The number of hydrogen-bond donors (Lipinski definition) is 1. The molecule has 2 rings (SSSR count). The summed E-state index contributed by atoms with van der Waals surface area (Å²) < 4.78 is 10.8. The summed E-state index contributed by atoms with van der Waals surface area (Å²) in [6.45, 7) is 0.668. The number of methoxy groups -OCH3 is 1. The third-order valence-electron chi connectivity index (χ3n) is 2.78. The molecule has 0 aromatic heterocycles. The van der Waals surface area contributed by atoms with Crippen LogP contribution in [-0.4, -0.2) is 19.3 Å². The molecule has 0 saturated heterocycles. The van der Waals surface area contributed by atoms with E-state index in [0.717, 1.165) is 18.6 Å². The lowest BCUT2D eigenvalue weighted by atomic mass is 9.90. The van der Waals surface area contributed by atoms with Crippen LogP contribution in [0.5, 0.6) is 5.75 Å². The van der Waals surface area contributed by atoms with Gasteiger partial charge in [-0.2, -0.15) is 0 Å². The summed E-state index contributed by atoms with van der Waals surface area (Å²) in [6.07, 6.45) is 2.36. The first kappa shape index (κ1) is 10.5. The molecule has 1 aliphatic carbocycles. The van der Waals surface area contributed by atoms with Gasteiger partial charge in [0.15, 0.2) is 0 Å². The van der Waals surface area contributed by atoms with Gasteiger partial charge in [-0.3, -0.25) is 0 Å². The highest BCUT2D eigenvalue weighted by Gasteiger charge is 2.26. The van der Waals surface area contributed by atoms with Crippen LogP contribution in [0.1, 0.15) is 18.4 Å². The molecule has 0 bridgehead atoms. The summed E-state index contributed by atoms with van der Waals surface area (Å²) in [6, 6.07) is 8.30. The normalized spacial score (nSPS) is 24.7. The predicted octanol–water partition coefficient (Wildman–Crippen LogP) is 1.70. The zero-order chi connectivity index (χ0) is 10.7. The molecule has 3 nitrogen and oxygen atoms in total. The molecule has 82 valence electrons. The second-order valence-electron chi connectivity index (χ2n) is 4.01. The van der Waals surface area contributed by atoms with Crippen LogP contribution >= 0.6 is 0 Å². The fourth-order valence-corrected chi connectivity index (χ4v) is 1.68. The highest BCUT2D eigenvalue weighted by molar-refractivity contribution is 5.26. The molecule has 1 aliphatic rings. The minimum atomic E-state index is 0.353. The van der Waals surface area contributed by atoms with Crippen LogP contribution in [0, 0.1) is 0 Å². The second-order valence-corrected chi connectivity index (χ2v) is 4.01. The molecule has 2 N–H and O–H groups in total. The van der Waals surface area contributed by atoms with E-state index < -0.39 is 0 Å². The first-order valence-corrected chi connectivity index (χ1v) is 5.28. The molecule has 15 heavy (non-hydrogen) atoms. The molecule has 3 heteroatoms. The smallest absolute Gasteiger partial charge is 0.118 e.